The molecular weight excluding hydrogens is 384 g/mol. The van der Waals surface area contributed by atoms with Crippen LogP contribution in [0, 0.1) is 0 Å². The summed E-state index contributed by atoms with van der Waals surface area (Å²) in [5.41, 5.74) is 0.867. The van der Waals surface area contributed by atoms with Crippen molar-refractivity contribution in [3.63, 3.8) is 0 Å². The molecule has 0 radical (unpaired) electrons. The van der Waals surface area contributed by atoms with E-state index in [1.54, 1.807) is 7.11 Å². The highest BCUT2D eigenvalue weighted by molar-refractivity contribution is 8.00. The molecule has 2 aromatic rings. The molecule has 1 saturated carbocycles. The third-order valence-electron chi connectivity index (χ3n) is 5.23. The Kier molecular flexibility index (Phi) is 7.75. The first-order valence-corrected chi connectivity index (χ1v) is 11.2. The summed E-state index contributed by atoms with van der Waals surface area (Å²) < 4.78 is 7.46. The molecule has 156 valence electrons. The van der Waals surface area contributed by atoms with Crippen molar-refractivity contribution >= 4 is 17.7 Å². The first-order valence-electron chi connectivity index (χ1n) is 10.3. The number of ether oxygens (including phenoxy) is 1. The van der Waals surface area contributed by atoms with Crippen molar-refractivity contribution in [2.45, 2.75) is 68.4 Å². The summed E-state index contributed by atoms with van der Waals surface area (Å²) in [5.74, 6) is 1.51. The summed E-state index contributed by atoms with van der Waals surface area (Å²) in [6.45, 7) is 6.34. The lowest BCUT2D eigenvalue weighted by Crippen LogP contribution is -2.39. The van der Waals surface area contributed by atoms with Crippen LogP contribution >= 0.6 is 11.8 Å². The van der Waals surface area contributed by atoms with Crippen molar-refractivity contribution in [1.29, 1.82) is 0 Å². The van der Waals surface area contributed by atoms with Crippen LogP contribution in [-0.4, -0.2) is 39.1 Å². The highest BCUT2D eigenvalue weighted by Gasteiger charge is 2.23. The number of benzene rings is 1. The SMILES string of the molecule is C=CCn1c(S[C@H](C)C(=O)NC2CCCCCC2)nnc1-c1ccccc1OC. The van der Waals surface area contributed by atoms with Crippen molar-refractivity contribution in [2.24, 2.45) is 0 Å². The molecule has 0 bridgehead atoms. The molecule has 1 N–H and O–H groups in total. The monoisotopic (exact) mass is 414 g/mol. The van der Waals surface area contributed by atoms with Crippen LogP contribution in [0.4, 0.5) is 0 Å². The Morgan fingerprint density at radius 1 is 1.31 bits per heavy atom. The fourth-order valence-corrected chi connectivity index (χ4v) is 4.52. The number of nitrogens with one attached hydrogen (secondary N) is 1. The van der Waals surface area contributed by atoms with Gasteiger partial charge in [-0.3, -0.25) is 9.36 Å². The standard InChI is InChI=1S/C22H30N4O2S/c1-4-15-26-20(18-13-9-10-14-19(18)28-3)24-25-22(26)29-16(2)21(27)23-17-11-7-5-6-8-12-17/h4,9-10,13-14,16-17H,1,5-8,11-12,15H2,2-3H3,(H,23,27)/t16-/m1/s1. The Hall–Kier alpha value is -2.28. The number of hydrogen-bond acceptors (Lipinski definition) is 5. The molecular formula is C22H30N4O2S. The van der Waals surface area contributed by atoms with Crippen LogP contribution < -0.4 is 10.1 Å². The molecule has 7 heteroatoms. The Labute approximate surface area is 177 Å². The zero-order valence-electron chi connectivity index (χ0n) is 17.3. The van der Waals surface area contributed by atoms with Crippen LogP contribution in [0.1, 0.15) is 45.4 Å². The molecule has 6 nitrogen and oxygen atoms in total. The van der Waals surface area contributed by atoms with E-state index in [0.29, 0.717) is 23.6 Å². The first-order chi connectivity index (χ1) is 14.1. The van der Waals surface area contributed by atoms with E-state index in [1.165, 1.54) is 37.4 Å². The predicted molar refractivity (Wildman–Crippen MR) is 117 cm³/mol. The van der Waals surface area contributed by atoms with Gasteiger partial charge in [0, 0.05) is 12.6 Å². The van der Waals surface area contributed by atoms with E-state index in [9.17, 15) is 4.79 Å². The van der Waals surface area contributed by atoms with Gasteiger partial charge in [0.2, 0.25) is 5.91 Å². The highest BCUT2D eigenvalue weighted by Crippen LogP contribution is 2.32. The molecule has 3 rings (SSSR count). The maximum atomic E-state index is 12.7. The Morgan fingerprint density at radius 3 is 2.72 bits per heavy atom. The van der Waals surface area contributed by atoms with Gasteiger partial charge in [0.25, 0.3) is 0 Å². The number of carbonyl (C=O) groups is 1. The Bertz CT molecular complexity index is 828. The van der Waals surface area contributed by atoms with Gasteiger partial charge in [-0.15, -0.1) is 16.8 Å². The second-order valence-corrected chi connectivity index (χ2v) is 8.67. The Morgan fingerprint density at radius 2 is 2.03 bits per heavy atom. The molecule has 1 fully saturated rings. The lowest BCUT2D eigenvalue weighted by Gasteiger charge is -2.19. The average Bonchev–Trinajstić information content (AvgIpc) is 2.94. The third kappa shape index (κ3) is 5.41. The fraction of sp³-hybridized carbons (Fsp3) is 0.500. The predicted octanol–water partition coefficient (Wildman–Crippen LogP) is 4.46. The van der Waals surface area contributed by atoms with E-state index in [4.69, 9.17) is 4.74 Å². The van der Waals surface area contributed by atoms with E-state index in [1.807, 2.05) is 41.8 Å². The second-order valence-electron chi connectivity index (χ2n) is 7.36. The van der Waals surface area contributed by atoms with Gasteiger partial charge >= 0.3 is 0 Å². The number of rotatable bonds is 8. The molecule has 0 saturated heterocycles. The molecule has 0 spiro atoms. The molecule has 1 aromatic heterocycles. The maximum Gasteiger partial charge on any atom is 0.233 e. The van der Waals surface area contributed by atoms with Crippen molar-refractivity contribution in [2.75, 3.05) is 7.11 Å². The molecule has 1 amide bonds. The van der Waals surface area contributed by atoms with Crippen molar-refractivity contribution in [3.05, 3.63) is 36.9 Å². The number of hydrogen-bond donors (Lipinski definition) is 1. The van der Waals surface area contributed by atoms with E-state index in [-0.39, 0.29) is 11.2 Å². The second kappa shape index (κ2) is 10.5. The van der Waals surface area contributed by atoms with Gasteiger partial charge in [-0.2, -0.15) is 0 Å². The number of aromatic nitrogens is 3. The average molecular weight is 415 g/mol. The molecule has 29 heavy (non-hydrogen) atoms. The van der Waals surface area contributed by atoms with Gasteiger partial charge in [0.15, 0.2) is 11.0 Å². The minimum Gasteiger partial charge on any atom is -0.496 e. The zero-order chi connectivity index (χ0) is 20.6. The summed E-state index contributed by atoms with van der Waals surface area (Å²) in [5, 5.41) is 12.4. The van der Waals surface area contributed by atoms with Gasteiger partial charge in [-0.1, -0.05) is 55.7 Å². The normalized spacial score (nSPS) is 16.1. The van der Waals surface area contributed by atoms with Crippen LogP contribution in [-0.2, 0) is 11.3 Å². The maximum absolute atomic E-state index is 12.7. The lowest BCUT2D eigenvalue weighted by atomic mass is 10.1. The van der Waals surface area contributed by atoms with E-state index >= 15 is 0 Å². The summed E-state index contributed by atoms with van der Waals surface area (Å²) >= 11 is 1.43. The third-order valence-corrected chi connectivity index (χ3v) is 6.31. The summed E-state index contributed by atoms with van der Waals surface area (Å²) in [7, 11) is 1.64. The number of amides is 1. The number of carbonyl (C=O) groups excluding carboxylic acids is 1. The highest BCUT2D eigenvalue weighted by atomic mass is 32.2. The molecule has 1 aliphatic carbocycles. The molecule has 1 aromatic carbocycles. The smallest absolute Gasteiger partial charge is 0.233 e. The summed E-state index contributed by atoms with van der Waals surface area (Å²) in [4.78, 5) is 12.7. The van der Waals surface area contributed by atoms with Crippen molar-refractivity contribution < 1.29 is 9.53 Å². The van der Waals surface area contributed by atoms with Crippen molar-refractivity contribution in [1.82, 2.24) is 20.1 Å². The number of nitrogens with zero attached hydrogens (tertiary/aromatic N) is 3. The lowest BCUT2D eigenvalue weighted by molar-refractivity contribution is -0.121. The van der Waals surface area contributed by atoms with Crippen LogP contribution in [0.5, 0.6) is 5.75 Å². The minimum absolute atomic E-state index is 0.0638. The topological polar surface area (TPSA) is 69.0 Å². The number of thioether (sulfide) groups is 1. The van der Waals surface area contributed by atoms with Gasteiger partial charge in [0.1, 0.15) is 5.75 Å². The first kappa shape index (κ1) is 21.4. The zero-order valence-corrected chi connectivity index (χ0v) is 18.1. The van der Waals surface area contributed by atoms with Crippen LogP contribution in [0.2, 0.25) is 0 Å². The molecule has 1 heterocycles. The number of para-hydroxylation sites is 1. The summed E-state index contributed by atoms with van der Waals surface area (Å²) in [6.07, 6.45) is 8.90. The van der Waals surface area contributed by atoms with Gasteiger partial charge in [0.05, 0.1) is 17.9 Å². The quantitative estimate of drug-likeness (QED) is 0.392. The minimum atomic E-state index is -0.253. The Balaban J connectivity index is 1.75. The van der Waals surface area contributed by atoms with E-state index < -0.39 is 0 Å². The van der Waals surface area contributed by atoms with Crippen LogP contribution in [0.3, 0.4) is 0 Å². The molecule has 0 aliphatic heterocycles. The summed E-state index contributed by atoms with van der Waals surface area (Å²) in [6, 6.07) is 8.02. The van der Waals surface area contributed by atoms with Gasteiger partial charge in [-0.05, 0) is 31.9 Å². The van der Waals surface area contributed by atoms with Crippen LogP contribution in [0.15, 0.2) is 42.1 Å². The van der Waals surface area contributed by atoms with E-state index in [0.717, 1.165) is 24.2 Å². The van der Waals surface area contributed by atoms with Crippen LogP contribution in [0.25, 0.3) is 11.4 Å². The molecule has 1 aliphatic rings. The van der Waals surface area contributed by atoms with Gasteiger partial charge < -0.3 is 10.1 Å². The molecule has 1 atom stereocenters. The fourth-order valence-electron chi connectivity index (χ4n) is 3.65. The number of allylic oxidation sites excluding steroid dienone is 1. The number of methoxy groups -OCH3 is 1. The van der Waals surface area contributed by atoms with Gasteiger partial charge in [-0.25, -0.2) is 0 Å². The molecule has 0 unspecified atom stereocenters. The van der Waals surface area contributed by atoms with E-state index in [2.05, 4.69) is 22.1 Å². The largest absolute Gasteiger partial charge is 0.496 e. The van der Waals surface area contributed by atoms with Crippen molar-refractivity contribution in [3.8, 4) is 17.1 Å².